The molecule has 6 heteroatoms. The molecule has 3 rings (SSSR count). The maximum Gasteiger partial charge on any atom is 0.120 e. The second kappa shape index (κ2) is 9.89. The predicted octanol–water partition coefficient (Wildman–Crippen LogP) is 3.55. The summed E-state index contributed by atoms with van der Waals surface area (Å²) in [5.74, 6) is 0.870. The largest absolute Gasteiger partial charge is 0.488 e. The van der Waals surface area contributed by atoms with Gasteiger partial charge in [0.2, 0.25) is 0 Å². The highest BCUT2D eigenvalue weighted by Gasteiger charge is 2.22. The molecule has 1 aromatic carbocycles. The van der Waals surface area contributed by atoms with Gasteiger partial charge < -0.3 is 19.7 Å². The molecular formula is C21H35N3O2S. The minimum absolute atomic E-state index is 0.204. The van der Waals surface area contributed by atoms with Gasteiger partial charge in [-0.15, -0.1) is 0 Å². The first-order valence-corrected chi connectivity index (χ1v) is 11.6. The molecule has 0 bridgehead atoms. The molecule has 152 valence electrons. The van der Waals surface area contributed by atoms with Crippen LogP contribution in [0.3, 0.4) is 0 Å². The van der Waals surface area contributed by atoms with Crippen molar-refractivity contribution in [3.63, 3.8) is 0 Å². The Hall–Kier alpha value is -1.11. The van der Waals surface area contributed by atoms with Crippen LogP contribution in [0.4, 0.5) is 5.69 Å². The van der Waals surface area contributed by atoms with E-state index in [-0.39, 0.29) is 5.60 Å². The summed E-state index contributed by atoms with van der Waals surface area (Å²) in [7, 11) is -0.991. The van der Waals surface area contributed by atoms with Crippen molar-refractivity contribution < 1.29 is 8.95 Å². The van der Waals surface area contributed by atoms with E-state index in [2.05, 4.69) is 28.8 Å². The van der Waals surface area contributed by atoms with Crippen LogP contribution in [0.25, 0.3) is 0 Å². The average Bonchev–Trinajstić information content (AvgIpc) is 2.69. The van der Waals surface area contributed by atoms with Crippen LogP contribution < -0.4 is 14.8 Å². The van der Waals surface area contributed by atoms with Gasteiger partial charge in [-0.1, -0.05) is 19.3 Å². The summed E-state index contributed by atoms with van der Waals surface area (Å²) >= 11 is 0. The lowest BCUT2D eigenvalue weighted by atomic mass is 10.0. The Bertz CT molecular complexity index is 594. The average molecular weight is 394 g/mol. The number of nitrogens with one attached hydrogen (secondary N) is 2. The molecular weight excluding hydrogens is 358 g/mol. The standard InChI is InChI=1S/C21H35N3O2S/c1-21(2,12-15-24-16-13-22-14-17-24)26-19-10-8-18(9-11-19)23-27(25)20-6-4-3-5-7-20/h8-11,20,22-23H,3-7,12-17H2,1-2H3. The SMILES string of the molecule is CC(C)(CCN1CCNCC1)Oc1ccc(NS(=O)C2CCCCC2)cc1. The number of rotatable bonds is 8. The van der Waals surface area contributed by atoms with E-state index in [1.807, 2.05) is 24.3 Å². The topological polar surface area (TPSA) is 53.6 Å². The number of hydrogen-bond acceptors (Lipinski definition) is 4. The second-order valence-electron chi connectivity index (χ2n) is 8.39. The lowest BCUT2D eigenvalue weighted by molar-refractivity contribution is 0.0809. The van der Waals surface area contributed by atoms with Crippen LogP contribution >= 0.6 is 0 Å². The molecule has 1 saturated heterocycles. The minimum atomic E-state index is -0.991. The van der Waals surface area contributed by atoms with Crippen molar-refractivity contribution in [3.8, 4) is 5.75 Å². The number of nitrogens with zero attached hydrogens (tertiary/aromatic N) is 1. The zero-order valence-electron chi connectivity index (χ0n) is 16.8. The minimum Gasteiger partial charge on any atom is -0.488 e. The molecule has 1 aliphatic heterocycles. The van der Waals surface area contributed by atoms with E-state index in [1.165, 1.54) is 19.3 Å². The predicted molar refractivity (Wildman–Crippen MR) is 114 cm³/mol. The van der Waals surface area contributed by atoms with Gasteiger partial charge in [-0.05, 0) is 57.4 Å². The van der Waals surface area contributed by atoms with E-state index in [0.29, 0.717) is 5.25 Å². The van der Waals surface area contributed by atoms with Gasteiger partial charge in [0.05, 0.1) is 5.25 Å². The van der Waals surface area contributed by atoms with Gasteiger partial charge in [-0.2, -0.15) is 0 Å². The molecule has 1 unspecified atom stereocenters. The van der Waals surface area contributed by atoms with Crippen molar-refractivity contribution in [1.82, 2.24) is 10.2 Å². The van der Waals surface area contributed by atoms with Crippen molar-refractivity contribution in [2.75, 3.05) is 37.4 Å². The summed E-state index contributed by atoms with van der Waals surface area (Å²) in [6.45, 7) is 9.77. The molecule has 0 spiro atoms. The second-order valence-corrected chi connectivity index (χ2v) is 9.85. The zero-order chi connectivity index (χ0) is 19.1. The highest BCUT2D eigenvalue weighted by atomic mass is 32.2. The Morgan fingerprint density at radius 2 is 1.81 bits per heavy atom. The monoisotopic (exact) mass is 393 g/mol. The molecule has 2 fully saturated rings. The van der Waals surface area contributed by atoms with Gasteiger partial charge in [0.15, 0.2) is 0 Å². The van der Waals surface area contributed by atoms with Crippen LogP contribution in [0, 0.1) is 0 Å². The molecule has 1 aromatic rings. The number of hydrogen-bond donors (Lipinski definition) is 2. The Balaban J connectivity index is 1.46. The molecule has 2 aliphatic rings. The number of ether oxygens (including phenoxy) is 1. The number of anilines is 1. The first kappa shape index (κ1) is 20.6. The van der Waals surface area contributed by atoms with Gasteiger partial charge in [0.1, 0.15) is 22.3 Å². The van der Waals surface area contributed by atoms with Crippen LogP contribution in [0.2, 0.25) is 0 Å². The first-order valence-electron chi connectivity index (χ1n) is 10.4. The smallest absolute Gasteiger partial charge is 0.120 e. The summed E-state index contributed by atoms with van der Waals surface area (Å²) in [5, 5.41) is 3.68. The summed E-state index contributed by atoms with van der Waals surface area (Å²) in [4.78, 5) is 2.50. The maximum atomic E-state index is 12.5. The molecule has 1 heterocycles. The highest BCUT2D eigenvalue weighted by molar-refractivity contribution is 7.87. The molecule has 5 nitrogen and oxygen atoms in total. The van der Waals surface area contributed by atoms with Gasteiger partial charge in [-0.25, -0.2) is 4.21 Å². The third kappa shape index (κ3) is 6.77. The van der Waals surface area contributed by atoms with Crippen LogP contribution in [-0.2, 0) is 11.0 Å². The van der Waals surface area contributed by atoms with Crippen molar-refractivity contribution >= 4 is 16.7 Å². The first-order chi connectivity index (χ1) is 13.0. The maximum absolute atomic E-state index is 12.5. The van der Waals surface area contributed by atoms with Crippen molar-refractivity contribution in [1.29, 1.82) is 0 Å². The van der Waals surface area contributed by atoms with Gasteiger partial charge in [0, 0.05) is 38.4 Å². The summed E-state index contributed by atoms with van der Waals surface area (Å²) in [6.07, 6.45) is 6.83. The van der Waals surface area contributed by atoms with Gasteiger partial charge >= 0.3 is 0 Å². The van der Waals surface area contributed by atoms with Crippen molar-refractivity contribution in [3.05, 3.63) is 24.3 Å². The highest BCUT2D eigenvalue weighted by Crippen LogP contribution is 2.26. The number of benzene rings is 1. The Labute approximate surface area is 166 Å². The Morgan fingerprint density at radius 3 is 2.48 bits per heavy atom. The molecule has 2 N–H and O–H groups in total. The van der Waals surface area contributed by atoms with E-state index < -0.39 is 11.0 Å². The molecule has 1 saturated carbocycles. The molecule has 1 aliphatic carbocycles. The summed E-state index contributed by atoms with van der Waals surface area (Å²) in [6, 6.07) is 7.91. The quantitative estimate of drug-likeness (QED) is 0.709. The van der Waals surface area contributed by atoms with E-state index in [1.54, 1.807) is 0 Å². The van der Waals surface area contributed by atoms with Crippen LogP contribution in [0.15, 0.2) is 24.3 Å². The van der Waals surface area contributed by atoms with Gasteiger partial charge in [-0.3, -0.25) is 0 Å². The molecule has 27 heavy (non-hydrogen) atoms. The van der Waals surface area contributed by atoms with Crippen LogP contribution in [-0.4, -0.2) is 52.7 Å². The fraction of sp³-hybridized carbons (Fsp3) is 0.714. The van der Waals surface area contributed by atoms with Crippen molar-refractivity contribution in [2.24, 2.45) is 0 Å². The lowest BCUT2D eigenvalue weighted by Crippen LogP contribution is -2.45. The summed E-state index contributed by atoms with van der Waals surface area (Å²) in [5.41, 5.74) is 0.704. The van der Waals surface area contributed by atoms with Gasteiger partial charge in [0.25, 0.3) is 0 Å². The Morgan fingerprint density at radius 1 is 1.15 bits per heavy atom. The van der Waals surface area contributed by atoms with Crippen LogP contribution in [0.5, 0.6) is 5.75 Å². The molecule has 0 amide bonds. The molecule has 0 aromatic heterocycles. The zero-order valence-corrected chi connectivity index (χ0v) is 17.7. The fourth-order valence-electron chi connectivity index (χ4n) is 3.80. The third-order valence-electron chi connectivity index (χ3n) is 5.56. The third-order valence-corrected chi connectivity index (χ3v) is 7.08. The summed E-state index contributed by atoms with van der Waals surface area (Å²) < 4.78 is 21.9. The fourth-order valence-corrected chi connectivity index (χ4v) is 5.10. The number of piperazine rings is 1. The Kier molecular flexibility index (Phi) is 7.56. The molecule has 1 atom stereocenters. The lowest BCUT2D eigenvalue weighted by Gasteiger charge is -2.32. The van der Waals surface area contributed by atoms with Crippen LogP contribution in [0.1, 0.15) is 52.4 Å². The van der Waals surface area contributed by atoms with E-state index in [9.17, 15) is 4.21 Å². The van der Waals surface area contributed by atoms with E-state index in [0.717, 1.165) is 63.4 Å². The van der Waals surface area contributed by atoms with E-state index in [4.69, 9.17) is 4.74 Å². The van der Waals surface area contributed by atoms with E-state index >= 15 is 0 Å². The molecule has 0 radical (unpaired) electrons. The normalized spacial score (nSPS) is 21.0. The van der Waals surface area contributed by atoms with Crippen molar-refractivity contribution in [2.45, 2.75) is 63.2 Å².